The lowest BCUT2D eigenvalue weighted by molar-refractivity contribution is -0.121. The Kier molecular flexibility index (Phi) is 6.17. The predicted octanol–water partition coefficient (Wildman–Crippen LogP) is 2.43. The first-order valence-corrected chi connectivity index (χ1v) is 10.9. The standard InChI is InChI=1S/C25H27N5O3/c1-14-27-23(22(26)24(32)28-14)25(33)30-19-12-11-18(13-19)16-7-9-17(10-8-16)20-5-3-4-6-21(20)29-15(2)31/h3-10,18-19,27H,1,11-13,26H2,2H3,(H,28,32)(H,29,31)(H,30,33)/t18-,19+/m1/s1. The molecule has 0 aromatic heterocycles. The van der Waals surface area contributed by atoms with Gasteiger partial charge in [-0.1, -0.05) is 49.0 Å². The highest BCUT2D eigenvalue weighted by atomic mass is 16.2. The minimum Gasteiger partial charge on any atom is -0.392 e. The SMILES string of the molecule is C=C1NC(=O)C(N)=C(C(=O)N[C@H]2CC[C@@H](c3ccc(-c4ccccc4NC(C)=O)cc3)C2)N1. The summed E-state index contributed by atoms with van der Waals surface area (Å²) in [4.78, 5) is 36.0. The molecule has 8 heteroatoms. The molecule has 0 radical (unpaired) electrons. The Morgan fingerprint density at radius 1 is 1.06 bits per heavy atom. The van der Waals surface area contributed by atoms with Gasteiger partial charge in [0.05, 0.1) is 0 Å². The normalized spacial score (nSPS) is 20.2. The molecule has 8 nitrogen and oxygen atoms in total. The van der Waals surface area contributed by atoms with Crippen molar-refractivity contribution in [1.82, 2.24) is 16.0 Å². The van der Waals surface area contributed by atoms with Crippen LogP contribution in [0.1, 0.15) is 37.7 Å². The van der Waals surface area contributed by atoms with E-state index in [0.29, 0.717) is 5.92 Å². The zero-order chi connectivity index (χ0) is 23.5. The van der Waals surface area contributed by atoms with Crippen LogP contribution in [0.2, 0.25) is 0 Å². The van der Waals surface area contributed by atoms with E-state index in [2.05, 4.69) is 52.1 Å². The number of carbonyl (C=O) groups is 3. The summed E-state index contributed by atoms with van der Waals surface area (Å²) in [7, 11) is 0. The van der Waals surface area contributed by atoms with E-state index in [1.165, 1.54) is 12.5 Å². The molecule has 1 aliphatic heterocycles. The van der Waals surface area contributed by atoms with E-state index in [4.69, 9.17) is 5.73 Å². The molecule has 2 atom stereocenters. The number of amides is 3. The third-order valence-corrected chi connectivity index (χ3v) is 5.98. The van der Waals surface area contributed by atoms with Gasteiger partial charge in [-0.15, -0.1) is 0 Å². The smallest absolute Gasteiger partial charge is 0.274 e. The van der Waals surface area contributed by atoms with E-state index in [1.807, 2.05) is 24.3 Å². The Balaban J connectivity index is 1.42. The van der Waals surface area contributed by atoms with E-state index in [-0.39, 0.29) is 29.2 Å². The summed E-state index contributed by atoms with van der Waals surface area (Å²) in [5.41, 5.74) is 9.62. The van der Waals surface area contributed by atoms with E-state index < -0.39 is 11.8 Å². The molecule has 2 aliphatic rings. The fourth-order valence-electron chi connectivity index (χ4n) is 4.39. The van der Waals surface area contributed by atoms with E-state index >= 15 is 0 Å². The quantitative estimate of drug-likeness (QED) is 0.483. The topological polar surface area (TPSA) is 125 Å². The first-order chi connectivity index (χ1) is 15.8. The summed E-state index contributed by atoms with van der Waals surface area (Å²) >= 11 is 0. The summed E-state index contributed by atoms with van der Waals surface area (Å²) in [5, 5.41) is 11.0. The summed E-state index contributed by atoms with van der Waals surface area (Å²) in [6.45, 7) is 5.13. The molecule has 1 aliphatic carbocycles. The van der Waals surface area contributed by atoms with Gasteiger partial charge in [0.2, 0.25) is 5.91 Å². The van der Waals surface area contributed by atoms with Gasteiger partial charge in [0.15, 0.2) is 0 Å². The number of nitrogens with two attached hydrogens (primary N) is 1. The lowest BCUT2D eigenvalue weighted by atomic mass is 9.94. The summed E-state index contributed by atoms with van der Waals surface area (Å²) < 4.78 is 0. The van der Waals surface area contributed by atoms with Crippen molar-refractivity contribution in [3.63, 3.8) is 0 Å². The van der Waals surface area contributed by atoms with Crippen molar-refractivity contribution in [2.24, 2.45) is 5.73 Å². The Bertz CT molecular complexity index is 1150. The Hall–Kier alpha value is -4.07. The number of para-hydroxylation sites is 1. The lowest BCUT2D eigenvalue weighted by Crippen LogP contribution is -2.47. The van der Waals surface area contributed by atoms with Crippen molar-refractivity contribution < 1.29 is 14.4 Å². The van der Waals surface area contributed by atoms with Crippen molar-refractivity contribution in [2.75, 3.05) is 5.32 Å². The number of carbonyl (C=O) groups excluding carboxylic acids is 3. The maximum absolute atomic E-state index is 12.6. The van der Waals surface area contributed by atoms with Gasteiger partial charge in [-0.3, -0.25) is 14.4 Å². The van der Waals surface area contributed by atoms with Crippen LogP contribution in [0.15, 0.2) is 72.3 Å². The molecular formula is C25H27N5O3. The van der Waals surface area contributed by atoms with Crippen molar-refractivity contribution in [2.45, 2.75) is 38.1 Å². The van der Waals surface area contributed by atoms with Crippen LogP contribution in [0.3, 0.4) is 0 Å². The summed E-state index contributed by atoms with van der Waals surface area (Å²) in [6, 6.07) is 16.0. The highest BCUT2D eigenvalue weighted by Crippen LogP contribution is 2.36. The molecule has 170 valence electrons. The summed E-state index contributed by atoms with van der Waals surface area (Å²) in [6.07, 6.45) is 2.58. The van der Waals surface area contributed by atoms with Crippen LogP contribution < -0.4 is 27.0 Å². The molecule has 2 aromatic carbocycles. The highest BCUT2D eigenvalue weighted by molar-refractivity contribution is 6.05. The molecule has 4 rings (SSSR count). The molecule has 1 saturated carbocycles. The molecular weight excluding hydrogens is 418 g/mol. The Morgan fingerprint density at radius 2 is 1.79 bits per heavy atom. The van der Waals surface area contributed by atoms with Gasteiger partial charge in [0.25, 0.3) is 11.8 Å². The van der Waals surface area contributed by atoms with Crippen LogP contribution >= 0.6 is 0 Å². The van der Waals surface area contributed by atoms with Crippen molar-refractivity contribution in [1.29, 1.82) is 0 Å². The van der Waals surface area contributed by atoms with Crippen LogP contribution in [-0.4, -0.2) is 23.8 Å². The first-order valence-electron chi connectivity index (χ1n) is 10.9. The molecule has 0 spiro atoms. The zero-order valence-electron chi connectivity index (χ0n) is 18.4. The molecule has 3 amide bonds. The van der Waals surface area contributed by atoms with Gasteiger partial charge in [0, 0.05) is 24.2 Å². The number of rotatable bonds is 5. The van der Waals surface area contributed by atoms with Crippen LogP contribution in [0.25, 0.3) is 11.1 Å². The van der Waals surface area contributed by atoms with Crippen LogP contribution in [-0.2, 0) is 14.4 Å². The third-order valence-electron chi connectivity index (χ3n) is 5.98. The molecule has 0 bridgehead atoms. The van der Waals surface area contributed by atoms with E-state index in [0.717, 1.165) is 36.1 Å². The van der Waals surface area contributed by atoms with Gasteiger partial charge in [-0.25, -0.2) is 0 Å². The van der Waals surface area contributed by atoms with Gasteiger partial charge in [-0.2, -0.15) is 0 Å². The number of nitrogens with one attached hydrogen (secondary N) is 4. The van der Waals surface area contributed by atoms with Gasteiger partial charge < -0.3 is 27.0 Å². The zero-order valence-corrected chi connectivity index (χ0v) is 18.4. The minimum atomic E-state index is -0.534. The van der Waals surface area contributed by atoms with Gasteiger partial charge >= 0.3 is 0 Å². The number of benzene rings is 2. The largest absolute Gasteiger partial charge is 0.392 e. The van der Waals surface area contributed by atoms with E-state index in [1.54, 1.807) is 0 Å². The van der Waals surface area contributed by atoms with Gasteiger partial charge in [-0.05, 0) is 42.4 Å². The molecule has 6 N–H and O–H groups in total. The number of hydrogen-bond acceptors (Lipinski definition) is 5. The minimum absolute atomic E-state index is 0.0111. The number of hydrogen-bond donors (Lipinski definition) is 5. The third kappa shape index (κ3) is 4.90. The molecule has 33 heavy (non-hydrogen) atoms. The first kappa shape index (κ1) is 22.1. The lowest BCUT2D eigenvalue weighted by Gasteiger charge is -2.22. The maximum Gasteiger partial charge on any atom is 0.274 e. The average molecular weight is 446 g/mol. The molecule has 0 unspecified atom stereocenters. The summed E-state index contributed by atoms with van der Waals surface area (Å²) in [5.74, 6) is -0.501. The monoisotopic (exact) mass is 445 g/mol. The van der Waals surface area contributed by atoms with Crippen molar-refractivity contribution in [3.8, 4) is 11.1 Å². The average Bonchev–Trinajstić information content (AvgIpc) is 3.24. The fourth-order valence-corrected chi connectivity index (χ4v) is 4.39. The van der Waals surface area contributed by atoms with Gasteiger partial charge in [0.1, 0.15) is 17.2 Å². The molecule has 1 fully saturated rings. The van der Waals surface area contributed by atoms with E-state index in [9.17, 15) is 14.4 Å². The van der Waals surface area contributed by atoms with Crippen molar-refractivity contribution in [3.05, 3.63) is 77.9 Å². The Morgan fingerprint density at radius 3 is 2.52 bits per heavy atom. The molecule has 0 saturated heterocycles. The molecule has 2 aromatic rings. The van der Waals surface area contributed by atoms with Crippen LogP contribution in [0.5, 0.6) is 0 Å². The van der Waals surface area contributed by atoms with Crippen LogP contribution in [0, 0.1) is 0 Å². The second-order valence-corrected chi connectivity index (χ2v) is 8.38. The van der Waals surface area contributed by atoms with Crippen LogP contribution in [0.4, 0.5) is 5.69 Å². The second-order valence-electron chi connectivity index (χ2n) is 8.38. The number of anilines is 1. The van der Waals surface area contributed by atoms with Crippen molar-refractivity contribution >= 4 is 23.4 Å². The second kappa shape index (κ2) is 9.20. The fraction of sp³-hybridized carbons (Fsp3) is 0.240. The molecule has 1 heterocycles. The Labute approximate surface area is 192 Å². The maximum atomic E-state index is 12.6. The highest BCUT2D eigenvalue weighted by Gasteiger charge is 2.30. The predicted molar refractivity (Wildman–Crippen MR) is 126 cm³/mol.